The smallest absolute Gasteiger partial charge is 0.427 e. The Kier molecular flexibility index (Phi) is 18.7. The minimum atomic E-state index is -6.27. The molecule has 0 bridgehead atoms. The molecule has 0 aromatic rings. The van der Waals surface area contributed by atoms with Gasteiger partial charge in [0.05, 0.1) is 0 Å². The number of aldehydes is 1. The van der Waals surface area contributed by atoms with E-state index in [1.54, 1.807) is 0 Å². The fraction of sp³-hybridized carbons (Fsp3) is 0.714. The number of alkyl halides is 6. The van der Waals surface area contributed by atoms with Crippen LogP contribution in [0.15, 0.2) is 12.1 Å². The third-order valence-corrected chi connectivity index (χ3v) is 7.95. The van der Waals surface area contributed by atoms with E-state index in [-0.39, 0.29) is 0 Å². The third kappa shape index (κ3) is 28.7. The molecule has 0 radical (unpaired) electrons. The van der Waals surface area contributed by atoms with Crippen molar-refractivity contribution in [1.82, 2.24) is 0 Å². The summed E-state index contributed by atoms with van der Waals surface area (Å²) >= 11 is 0. The van der Waals surface area contributed by atoms with Crippen molar-refractivity contribution in [3.8, 4) is 0 Å². The number of ether oxygens (including phenoxy) is 2. The molecule has 0 aliphatic carbocycles. The van der Waals surface area contributed by atoms with Crippen LogP contribution in [0.1, 0.15) is 0 Å². The van der Waals surface area contributed by atoms with E-state index in [0.717, 1.165) is 0 Å². The summed E-state index contributed by atoms with van der Waals surface area (Å²) in [6.07, 6.45) is -11.2. The highest BCUT2D eigenvalue weighted by Gasteiger charge is 2.63. The van der Waals surface area contributed by atoms with Crippen molar-refractivity contribution in [2.24, 2.45) is 0 Å². The van der Waals surface area contributed by atoms with Crippen LogP contribution >= 0.6 is 0 Å². The lowest BCUT2D eigenvalue weighted by atomic mass is 10.3. The van der Waals surface area contributed by atoms with E-state index in [9.17, 15) is 123 Å². The Morgan fingerprint density at radius 2 is 0.784 bits per heavy atom. The summed E-state index contributed by atoms with van der Waals surface area (Å²) in [5, 5.41) is 0. The SMILES string of the molecule is O=C(CS(=O)(=O)F)CS(=O)(=O)F.O=CC(F)(OC(F)(CS(=O)(=O)F)CS(=O)(=O)F)C(F)(F)F.O=S(=O)(F)CC(F)(CS(=O)(=O)F)OC(F)=C(F)F. The van der Waals surface area contributed by atoms with Crippen molar-refractivity contribution in [3.05, 3.63) is 12.1 Å². The predicted molar refractivity (Wildman–Crippen MR) is 131 cm³/mol. The van der Waals surface area contributed by atoms with Gasteiger partial charge in [0.15, 0.2) is 23.6 Å². The molecule has 37 heteroatoms. The molecule has 51 heavy (non-hydrogen) atoms. The lowest BCUT2D eigenvalue weighted by Gasteiger charge is -2.30. The molecule has 0 saturated carbocycles. The normalized spacial score (nSPS) is 14.8. The van der Waals surface area contributed by atoms with Gasteiger partial charge in [-0.05, 0) is 0 Å². The number of Topliss-reactive ketones (excluding diaryl/α,β-unsaturated/α-hetero) is 1. The zero-order valence-corrected chi connectivity index (χ0v) is 27.9. The predicted octanol–water partition coefficient (Wildman–Crippen LogP) is 1.15. The van der Waals surface area contributed by atoms with Crippen LogP contribution in [-0.2, 0) is 80.4 Å². The molecule has 306 valence electrons. The average molecular weight is 915 g/mol. The largest absolute Gasteiger partial charge is 0.456 e. The number of halogens is 15. The van der Waals surface area contributed by atoms with Crippen LogP contribution in [0.4, 0.5) is 62.8 Å². The van der Waals surface area contributed by atoms with Crippen molar-refractivity contribution in [2.75, 3.05) is 34.5 Å². The lowest BCUT2D eigenvalue weighted by molar-refractivity contribution is -0.351. The third-order valence-electron chi connectivity index (χ3n) is 3.51. The van der Waals surface area contributed by atoms with Gasteiger partial charge in [-0.3, -0.25) is 14.3 Å². The number of carbonyl (C=O) groups excluding carboxylic acids is 2. The molecule has 0 aliphatic rings. The summed E-state index contributed by atoms with van der Waals surface area (Å²) in [5.74, 6) is -30.0. The van der Waals surface area contributed by atoms with Crippen LogP contribution in [0.5, 0.6) is 0 Å². The van der Waals surface area contributed by atoms with Gasteiger partial charge in [-0.25, -0.2) is 4.39 Å². The van der Waals surface area contributed by atoms with Gasteiger partial charge in [0, 0.05) is 0 Å². The topological polar surface area (TPSA) is 257 Å². The molecule has 0 rings (SSSR count). The lowest BCUT2D eigenvalue weighted by Crippen LogP contribution is -2.54. The van der Waals surface area contributed by atoms with E-state index in [1.165, 1.54) is 0 Å². The van der Waals surface area contributed by atoms with E-state index in [1.807, 2.05) is 0 Å². The summed E-state index contributed by atoms with van der Waals surface area (Å²) in [4.78, 5) is 20.2. The molecule has 0 heterocycles. The minimum Gasteiger partial charge on any atom is -0.427 e. The first-order valence-corrected chi connectivity index (χ1v) is 19.8. The van der Waals surface area contributed by atoms with Gasteiger partial charge in [0.2, 0.25) is 5.85 Å². The van der Waals surface area contributed by atoms with Crippen LogP contribution in [-0.4, -0.2) is 121 Å². The molecule has 1 atom stereocenters. The van der Waals surface area contributed by atoms with E-state index < -0.39 is 144 Å². The Morgan fingerprint density at radius 1 is 0.510 bits per heavy atom. The first-order chi connectivity index (χ1) is 21.8. The molecule has 0 aliphatic heterocycles. The highest BCUT2D eigenvalue weighted by Crippen LogP contribution is 2.38. The molecule has 16 nitrogen and oxygen atoms in total. The van der Waals surface area contributed by atoms with Crippen molar-refractivity contribution in [3.63, 3.8) is 0 Å². The fourth-order valence-corrected chi connectivity index (χ4v) is 6.34. The summed E-state index contributed by atoms with van der Waals surface area (Å²) in [7, 11) is -33.9. The van der Waals surface area contributed by atoms with Gasteiger partial charge in [0.25, 0.3) is 5.85 Å². The average Bonchev–Trinajstić information content (AvgIpc) is 2.70. The molecular formula is C14H13F15O16S6. The second kappa shape index (κ2) is 18.0. The summed E-state index contributed by atoms with van der Waals surface area (Å²) < 4.78 is 309. The Balaban J connectivity index is -0.000000703. The highest BCUT2D eigenvalue weighted by atomic mass is 32.3. The van der Waals surface area contributed by atoms with E-state index in [2.05, 4.69) is 9.47 Å². The summed E-state index contributed by atoms with van der Waals surface area (Å²) in [5.41, 5.74) is 0. The number of ketones is 1. The van der Waals surface area contributed by atoms with Crippen molar-refractivity contribution in [1.29, 1.82) is 0 Å². The second-order valence-electron chi connectivity index (χ2n) is 8.40. The number of rotatable bonds is 17. The van der Waals surface area contributed by atoms with Crippen molar-refractivity contribution in [2.45, 2.75) is 23.7 Å². The van der Waals surface area contributed by atoms with Gasteiger partial charge in [-0.2, -0.15) is 85.6 Å². The Hall–Kier alpha value is -2.51. The van der Waals surface area contributed by atoms with Gasteiger partial charge >= 0.3 is 85.5 Å². The molecule has 0 amide bonds. The minimum absolute atomic E-state index is 1.54. The van der Waals surface area contributed by atoms with E-state index in [4.69, 9.17) is 0 Å². The highest BCUT2D eigenvalue weighted by molar-refractivity contribution is 7.89. The monoisotopic (exact) mass is 914 g/mol. The first-order valence-electron chi connectivity index (χ1n) is 10.5. The number of hydrogen-bond donors (Lipinski definition) is 0. The maximum Gasteiger partial charge on any atom is 0.456 e. The van der Waals surface area contributed by atoms with E-state index in [0.29, 0.717) is 0 Å². The Morgan fingerprint density at radius 3 is 0.980 bits per heavy atom. The van der Waals surface area contributed by atoms with Crippen LogP contribution in [0, 0.1) is 0 Å². The molecule has 0 saturated heterocycles. The zero-order chi connectivity index (χ0) is 42.1. The maximum atomic E-state index is 13.6. The molecular weight excluding hydrogens is 902 g/mol. The first kappa shape index (κ1) is 52.8. The van der Waals surface area contributed by atoms with Gasteiger partial charge in [-0.15, -0.1) is 23.3 Å². The molecule has 0 fully saturated rings. The summed E-state index contributed by atoms with van der Waals surface area (Å²) in [6.45, 7) is 0. The standard InChI is InChI=1S/C6H5F7O6S2.C5H4F6O5S2.C3H4F2O5S2/c7-4(2-20(12,15)16,3-21(13,17)18)19-5(8,1-14)6(9,10)11;6-3(7)4(8)16-5(9,1-17(10,12)13)2-18(11,14)15;4-11(7,8)1-3(6)2-12(5,9)10/h1H,2-3H2;1-2H2;1-2H2. The maximum absolute atomic E-state index is 13.6. The molecule has 0 aromatic carbocycles. The van der Waals surface area contributed by atoms with Gasteiger partial charge in [-0.1, -0.05) is 0 Å². The van der Waals surface area contributed by atoms with Crippen LogP contribution in [0.2, 0.25) is 0 Å². The Bertz CT molecular complexity index is 1840. The molecule has 0 aromatic heterocycles. The molecule has 0 spiro atoms. The van der Waals surface area contributed by atoms with Crippen LogP contribution in [0.3, 0.4) is 0 Å². The van der Waals surface area contributed by atoms with Crippen LogP contribution < -0.4 is 0 Å². The molecule has 1 unspecified atom stereocenters. The van der Waals surface area contributed by atoms with E-state index >= 15 is 0 Å². The summed E-state index contributed by atoms with van der Waals surface area (Å²) in [6, 6.07) is -3.00. The second-order valence-corrected chi connectivity index (χ2v) is 16.6. The van der Waals surface area contributed by atoms with Crippen molar-refractivity contribution >= 4 is 73.4 Å². The Labute approximate surface area is 275 Å². The van der Waals surface area contributed by atoms with Gasteiger partial charge < -0.3 is 4.74 Å². The number of hydrogen-bond acceptors (Lipinski definition) is 16. The molecule has 0 N–H and O–H groups in total. The quantitative estimate of drug-likeness (QED) is 0.0858. The van der Waals surface area contributed by atoms with Gasteiger partial charge in [0.1, 0.15) is 23.0 Å². The fourth-order valence-electron chi connectivity index (χ4n) is 2.27. The van der Waals surface area contributed by atoms with Crippen LogP contribution in [0.25, 0.3) is 0 Å². The van der Waals surface area contributed by atoms with Crippen molar-refractivity contribution < 1.29 is 132 Å². The number of carbonyl (C=O) groups is 2. The zero-order valence-electron chi connectivity index (χ0n) is 23.0.